The Balaban J connectivity index is 2.69. The Kier molecular flexibility index (Phi) is 1.08. The van der Waals surface area contributed by atoms with E-state index >= 15 is 0 Å². The second-order valence-corrected chi connectivity index (χ2v) is 2.33. The molecule has 0 saturated carbocycles. The van der Waals surface area contributed by atoms with Crippen molar-refractivity contribution in [2.24, 2.45) is 4.99 Å². The van der Waals surface area contributed by atoms with E-state index in [2.05, 4.69) is 4.99 Å². The molecule has 0 aromatic carbocycles. The molecular formula is C6H9NO. The van der Waals surface area contributed by atoms with Crippen molar-refractivity contribution in [1.29, 1.82) is 0 Å². The topological polar surface area (TPSA) is 21.6 Å². The minimum Gasteiger partial charge on any atom is -0.454 e. The predicted octanol–water partition coefficient (Wildman–Crippen LogP) is 1.34. The van der Waals surface area contributed by atoms with Crippen molar-refractivity contribution in [1.82, 2.24) is 0 Å². The number of nitrogens with zero attached hydrogens (tertiary/aromatic N) is 1. The molecule has 1 aliphatic heterocycles. The van der Waals surface area contributed by atoms with Crippen LogP contribution in [0.15, 0.2) is 17.3 Å². The molecule has 8 heavy (non-hydrogen) atoms. The number of ether oxygens (including phenoxy) is 1. The van der Waals surface area contributed by atoms with Gasteiger partial charge >= 0.3 is 0 Å². The minimum atomic E-state index is -0.0573. The van der Waals surface area contributed by atoms with E-state index in [1.54, 1.807) is 6.26 Å². The summed E-state index contributed by atoms with van der Waals surface area (Å²) < 4.78 is 4.73. The Labute approximate surface area is 48.9 Å². The minimum absolute atomic E-state index is 0.0573. The van der Waals surface area contributed by atoms with Gasteiger partial charge in [-0.3, -0.25) is 0 Å². The van der Waals surface area contributed by atoms with Gasteiger partial charge in [-0.1, -0.05) is 0 Å². The summed E-state index contributed by atoms with van der Waals surface area (Å²) in [6.07, 6.45) is 5.01. The van der Waals surface area contributed by atoms with Gasteiger partial charge in [-0.05, 0) is 19.9 Å². The van der Waals surface area contributed by atoms with E-state index in [9.17, 15) is 0 Å². The molecule has 1 rings (SSSR count). The summed E-state index contributed by atoms with van der Waals surface area (Å²) in [7, 11) is 0. The summed E-state index contributed by atoms with van der Waals surface area (Å²) in [5.74, 6) is 0. The molecule has 0 N–H and O–H groups in total. The van der Waals surface area contributed by atoms with Gasteiger partial charge in [0.25, 0.3) is 0 Å². The van der Waals surface area contributed by atoms with E-state index in [0.29, 0.717) is 0 Å². The van der Waals surface area contributed by atoms with Crippen molar-refractivity contribution in [3.63, 3.8) is 0 Å². The molecule has 1 aliphatic rings. The van der Waals surface area contributed by atoms with E-state index in [0.717, 1.165) is 0 Å². The Morgan fingerprint density at radius 2 is 2.25 bits per heavy atom. The number of aliphatic imine (C=N–C) groups is 1. The zero-order valence-corrected chi connectivity index (χ0v) is 5.09. The molecule has 0 bridgehead atoms. The van der Waals surface area contributed by atoms with Gasteiger partial charge in [-0.25, -0.2) is 4.99 Å². The third-order valence-electron chi connectivity index (χ3n) is 1.00. The normalized spacial score (nSPS) is 22.8. The molecule has 0 saturated heterocycles. The number of hydrogen-bond acceptors (Lipinski definition) is 2. The van der Waals surface area contributed by atoms with Crippen LogP contribution in [-0.4, -0.2) is 11.9 Å². The molecule has 0 aliphatic carbocycles. The van der Waals surface area contributed by atoms with Crippen LogP contribution in [0.5, 0.6) is 0 Å². The molecule has 0 atom stereocenters. The number of hydrogen-bond donors (Lipinski definition) is 0. The summed E-state index contributed by atoms with van der Waals surface area (Å²) in [6.45, 7) is 4.03. The highest BCUT2D eigenvalue weighted by Crippen LogP contribution is 2.12. The highest BCUT2D eigenvalue weighted by atomic mass is 16.5. The lowest BCUT2D eigenvalue weighted by atomic mass is 10.1. The van der Waals surface area contributed by atoms with Crippen molar-refractivity contribution in [3.05, 3.63) is 12.3 Å². The summed E-state index contributed by atoms with van der Waals surface area (Å²) in [5.41, 5.74) is -0.0573. The number of rotatable bonds is 0. The van der Waals surface area contributed by atoms with Gasteiger partial charge < -0.3 is 4.74 Å². The van der Waals surface area contributed by atoms with Crippen LogP contribution in [-0.2, 0) is 4.74 Å². The van der Waals surface area contributed by atoms with Crippen LogP contribution in [0.1, 0.15) is 13.8 Å². The molecule has 0 unspecified atom stereocenters. The second kappa shape index (κ2) is 1.62. The van der Waals surface area contributed by atoms with E-state index in [4.69, 9.17) is 4.74 Å². The first-order valence-corrected chi connectivity index (χ1v) is 2.58. The third kappa shape index (κ3) is 1.09. The van der Waals surface area contributed by atoms with Crippen molar-refractivity contribution in [3.8, 4) is 0 Å². The lowest BCUT2D eigenvalue weighted by molar-refractivity contribution is 0.448. The highest BCUT2D eigenvalue weighted by Gasteiger charge is 2.11. The first-order chi connectivity index (χ1) is 3.71. The summed E-state index contributed by atoms with van der Waals surface area (Å²) in [4.78, 5) is 4.03. The maximum absolute atomic E-state index is 4.73. The van der Waals surface area contributed by atoms with Crippen molar-refractivity contribution in [2.45, 2.75) is 19.4 Å². The Bertz CT molecular complexity index is 121. The molecular weight excluding hydrogens is 102 g/mol. The standard InChI is InChI=1S/C6H9NO/c1-6(2)3-4-8-5-7-6/h3-5H,1-2H3. The molecule has 1 heterocycles. The van der Waals surface area contributed by atoms with Gasteiger partial charge in [0.15, 0.2) is 6.40 Å². The van der Waals surface area contributed by atoms with Gasteiger partial charge in [0.1, 0.15) is 0 Å². The molecule has 2 heteroatoms. The monoisotopic (exact) mass is 111 g/mol. The van der Waals surface area contributed by atoms with Crippen LogP contribution in [0.25, 0.3) is 0 Å². The van der Waals surface area contributed by atoms with Crippen LogP contribution >= 0.6 is 0 Å². The Hall–Kier alpha value is -0.790. The molecule has 0 radical (unpaired) electrons. The van der Waals surface area contributed by atoms with Crippen LogP contribution < -0.4 is 0 Å². The van der Waals surface area contributed by atoms with Gasteiger partial charge in [-0.15, -0.1) is 0 Å². The Morgan fingerprint density at radius 1 is 1.50 bits per heavy atom. The molecule has 0 spiro atoms. The fourth-order valence-corrected chi connectivity index (χ4v) is 0.450. The molecule has 0 aromatic heterocycles. The van der Waals surface area contributed by atoms with Crippen molar-refractivity contribution < 1.29 is 4.74 Å². The van der Waals surface area contributed by atoms with Gasteiger partial charge in [0.2, 0.25) is 0 Å². The first-order valence-electron chi connectivity index (χ1n) is 2.58. The fourth-order valence-electron chi connectivity index (χ4n) is 0.450. The van der Waals surface area contributed by atoms with E-state index < -0.39 is 0 Å². The van der Waals surface area contributed by atoms with E-state index in [1.807, 2.05) is 19.9 Å². The van der Waals surface area contributed by atoms with Crippen molar-refractivity contribution in [2.75, 3.05) is 0 Å². The van der Waals surface area contributed by atoms with Crippen LogP contribution in [0.2, 0.25) is 0 Å². The van der Waals surface area contributed by atoms with E-state index in [-0.39, 0.29) is 5.54 Å². The van der Waals surface area contributed by atoms with Crippen LogP contribution in [0.4, 0.5) is 0 Å². The zero-order chi connectivity index (χ0) is 6.04. The van der Waals surface area contributed by atoms with Gasteiger partial charge in [0, 0.05) is 0 Å². The second-order valence-electron chi connectivity index (χ2n) is 2.33. The summed E-state index contributed by atoms with van der Waals surface area (Å²) >= 11 is 0. The van der Waals surface area contributed by atoms with Crippen LogP contribution in [0.3, 0.4) is 0 Å². The maximum Gasteiger partial charge on any atom is 0.176 e. The molecule has 44 valence electrons. The molecule has 0 amide bonds. The highest BCUT2D eigenvalue weighted by molar-refractivity contribution is 5.50. The molecule has 2 nitrogen and oxygen atoms in total. The Morgan fingerprint density at radius 3 is 2.50 bits per heavy atom. The van der Waals surface area contributed by atoms with Gasteiger partial charge in [0.05, 0.1) is 11.8 Å². The average Bonchev–Trinajstić information content (AvgIpc) is 1.65. The lowest BCUT2D eigenvalue weighted by Crippen LogP contribution is -2.15. The van der Waals surface area contributed by atoms with Gasteiger partial charge in [-0.2, -0.15) is 0 Å². The quantitative estimate of drug-likeness (QED) is 0.462. The average molecular weight is 111 g/mol. The SMILES string of the molecule is CC1(C)C=COC=N1. The summed E-state index contributed by atoms with van der Waals surface area (Å²) in [5, 5.41) is 0. The molecule has 0 fully saturated rings. The third-order valence-corrected chi connectivity index (χ3v) is 1.00. The largest absolute Gasteiger partial charge is 0.454 e. The first kappa shape index (κ1) is 5.35. The molecule has 0 aromatic rings. The van der Waals surface area contributed by atoms with E-state index in [1.165, 1.54) is 6.40 Å². The lowest BCUT2D eigenvalue weighted by Gasteiger charge is -2.15. The fraction of sp³-hybridized carbons (Fsp3) is 0.500. The smallest absolute Gasteiger partial charge is 0.176 e. The maximum atomic E-state index is 4.73. The summed E-state index contributed by atoms with van der Waals surface area (Å²) in [6, 6.07) is 0. The predicted molar refractivity (Wildman–Crippen MR) is 32.8 cm³/mol. The van der Waals surface area contributed by atoms with Crippen LogP contribution in [0, 0.1) is 0 Å². The van der Waals surface area contributed by atoms with Crippen molar-refractivity contribution >= 4 is 6.40 Å². The zero-order valence-electron chi connectivity index (χ0n) is 5.09.